The predicted molar refractivity (Wildman–Crippen MR) is 76.8 cm³/mol. The second kappa shape index (κ2) is 6.01. The van der Waals surface area contributed by atoms with Crippen LogP contribution in [0.2, 0.25) is 0 Å². The van der Waals surface area contributed by atoms with Gasteiger partial charge in [0.05, 0.1) is 12.2 Å². The third-order valence-electron chi connectivity index (χ3n) is 3.19. The van der Waals surface area contributed by atoms with Crippen molar-refractivity contribution in [2.75, 3.05) is 20.1 Å². The first-order valence-electron chi connectivity index (χ1n) is 7.23. The van der Waals surface area contributed by atoms with Crippen molar-refractivity contribution in [2.24, 2.45) is 5.41 Å². The van der Waals surface area contributed by atoms with E-state index in [0.717, 1.165) is 37.9 Å². The first-order valence-corrected chi connectivity index (χ1v) is 7.23. The molecule has 0 atom stereocenters. The van der Waals surface area contributed by atoms with E-state index in [0.29, 0.717) is 5.41 Å². The summed E-state index contributed by atoms with van der Waals surface area (Å²) in [6.07, 6.45) is 4.68. The fourth-order valence-corrected chi connectivity index (χ4v) is 2.23. The van der Waals surface area contributed by atoms with Crippen LogP contribution in [0.5, 0.6) is 0 Å². The molecule has 2 rings (SSSR count). The summed E-state index contributed by atoms with van der Waals surface area (Å²) in [5, 5.41) is 11.8. The summed E-state index contributed by atoms with van der Waals surface area (Å²) in [6, 6.07) is 0.725. The highest BCUT2D eigenvalue weighted by Gasteiger charge is 2.20. The largest absolute Gasteiger partial charge is 0.308 e. The molecule has 1 aromatic heterocycles. The lowest BCUT2D eigenvalue weighted by atomic mass is 9.96. The van der Waals surface area contributed by atoms with Gasteiger partial charge in [-0.15, -0.1) is 5.10 Å². The second-order valence-corrected chi connectivity index (χ2v) is 6.93. The van der Waals surface area contributed by atoms with Crippen LogP contribution in [0.1, 0.15) is 39.3 Å². The van der Waals surface area contributed by atoms with Crippen molar-refractivity contribution in [3.05, 3.63) is 11.9 Å². The van der Waals surface area contributed by atoms with Gasteiger partial charge in [-0.1, -0.05) is 26.0 Å². The van der Waals surface area contributed by atoms with E-state index in [1.807, 2.05) is 4.68 Å². The second-order valence-electron chi connectivity index (χ2n) is 6.93. The fourth-order valence-electron chi connectivity index (χ4n) is 2.23. The summed E-state index contributed by atoms with van der Waals surface area (Å²) in [7, 11) is 2.16. The number of hydrogen-bond acceptors (Lipinski definition) is 4. The topological polar surface area (TPSA) is 46.0 Å². The minimum absolute atomic E-state index is 0.344. The van der Waals surface area contributed by atoms with E-state index in [1.54, 1.807) is 0 Å². The molecule has 1 saturated carbocycles. The average molecular weight is 265 g/mol. The van der Waals surface area contributed by atoms with Crippen molar-refractivity contribution in [1.29, 1.82) is 0 Å². The molecular formula is C14H27N5. The van der Waals surface area contributed by atoms with Crippen molar-refractivity contribution in [3.63, 3.8) is 0 Å². The van der Waals surface area contributed by atoms with Crippen molar-refractivity contribution in [3.8, 4) is 0 Å². The fraction of sp³-hybridized carbons (Fsp3) is 0.857. The number of likely N-dealkylation sites (N-methyl/N-ethyl adjacent to an activating group) is 1. The number of nitrogens with one attached hydrogen (secondary N) is 1. The monoisotopic (exact) mass is 265 g/mol. The van der Waals surface area contributed by atoms with E-state index in [-0.39, 0.29) is 0 Å². The Morgan fingerprint density at radius 1 is 1.42 bits per heavy atom. The summed E-state index contributed by atoms with van der Waals surface area (Å²) in [5.74, 6) is 0. The quantitative estimate of drug-likeness (QED) is 0.812. The SMILES string of the molecule is CN(CCn1cc(CNC2CC2)nn1)CC(C)(C)C. The first-order chi connectivity index (χ1) is 8.92. The molecule has 0 amide bonds. The lowest BCUT2D eigenvalue weighted by Crippen LogP contribution is -2.31. The van der Waals surface area contributed by atoms with Crippen LogP contribution in [0.15, 0.2) is 6.20 Å². The molecule has 0 aliphatic heterocycles. The van der Waals surface area contributed by atoms with Crippen LogP contribution in [-0.2, 0) is 13.1 Å². The van der Waals surface area contributed by atoms with Crippen LogP contribution in [0.25, 0.3) is 0 Å². The van der Waals surface area contributed by atoms with Gasteiger partial charge in [0.2, 0.25) is 0 Å². The van der Waals surface area contributed by atoms with E-state index in [4.69, 9.17) is 0 Å². The third kappa shape index (κ3) is 5.70. The highest BCUT2D eigenvalue weighted by atomic mass is 15.4. The van der Waals surface area contributed by atoms with Crippen LogP contribution < -0.4 is 5.32 Å². The van der Waals surface area contributed by atoms with Crippen LogP contribution in [0, 0.1) is 5.41 Å². The summed E-state index contributed by atoms with van der Waals surface area (Å²) in [6.45, 7) is 10.7. The van der Waals surface area contributed by atoms with Gasteiger partial charge in [-0.3, -0.25) is 4.68 Å². The molecule has 5 heteroatoms. The van der Waals surface area contributed by atoms with E-state index in [9.17, 15) is 0 Å². The number of rotatable bonds is 7. The zero-order valence-electron chi connectivity index (χ0n) is 12.7. The van der Waals surface area contributed by atoms with Crippen LogP contribution in [0.3, 0.4) is 0 Å². The van der Waals surface area contributed by atoms with Crippen molar-refractivity contribution >= 4 is 0 Å². The van der Waals surface area contributed by atoms with Gasteiger partial charge in [-0.2, -0.15) is 0 Å². The highest BCUT2D eigenvalue weighted by molar-refractivity contribution is 4.94. The van der Waals surface area contributed by atoms with E-state index in [1.165, 1.54) is 12.8 Å². The smallest absolute Gasteiger partial charge is 0.0964 e. The first kappa shape index (κ1) is 14.5. The van der Waals surface area contributed by atoms with Gasteiger partial charge in [0.15, 0.2) is 0 Å². The molecular weight excluding hydrogens is 238 g/mol. The molecule has 0 saturated heterocycles. The lowest BCUT2D eigenvalue weighted by molar-refractivity contribution is 0.218. The Hall–Kier alpha value is -0.940. The van der Waals surface area contributed by atoms with Gasteiger partial charge in [-0.25, -0.2) is 0 Å². The predicted octanol–water partition coefficient (Wildman–Crippen LogP) is 1.51. The molecule has 0 radical (unpaired) electrons. The molecule has 0 unspecified atom stereocenters. The minimum atomic E-state index is 0.344. The molecule has 0 aromatic carbocycles. The van der Waals surface area contributed by atoms with Gasteiger partial charge in [-0.05, 0) is 25.3 Å². The molecule has 1 N–H and O–H groups in total. The molecule has 19 heavy (non-hydrogen) atoms. The standard InChI is InChI=1S/C14H27N5/c1-14(2,3)11-18(4)7-8-19-10-13(16-17-19)9-15-12-5-6-12/h10,12,15H,5-9,11H2,1-4H3. The normalized spacial score (nSPS) is 16.3. The molecule has 0 bridgehead atoms. The van der Waals surface area contributed by atoms with Gasteiger partial charge in [0.1, 0.15) is 0 Å². The average Bonchev–Trinajstić information content (AvgIpc) is 3.01. The lowest BCUT2D eigenvalue weighted by Gasteiger charge is -2.26. The summed E-state index contributed by atoms with van der Waals surface area (Å²) < 4.78 is 1.95. The number of nitrogens with zero attached hydrogens (tertiary/aromatic N) is 4. The summed E-state index contributed by atoms with van der Waals surface area (Å²) in [5.41, 5.74) is 1.39. The van der Waals surface area contributed by atoms with E-state index < -0.39 is 0 Å². The molecule has 1 fully saturated rings. The molecule has 108 valence electrons. The molecule has 1 aliphatic rings. The summed E-state index contributed by atoms with van der Waals surface area (Å²) in [4.78, 5) is 2.35. The Morgan fingerprint density at radius 2 is 2.16 bits per heavy atom. The molecule has 5 nitrogen and oxygen atoms in total. The van der Waals surface area contributed by atoms with Crippen molar-refractivity contribution in [2.45, 2.75) is 52.7 Å². The number of aromatic nitrogens is 3. The Labute approximate surface area is 116 Å². The van der Waals surface area contributed by atoms with Crippen molar-refractivity contribution < 1.29 is 0 Å². The van der Waals surface area contributed by atoms with Gasteiger partial charge in [0.25, 0.3) is 0 Å². The van der Waals surface area contributed by atoms with Crippen molar-refractivity contribution in [1.82, 2.24) is 25.2 Å². The minimum Gasteiger partial charge on any atom is -0.308 e. The zero-order chi connectivity index (χ0) is 13.9. The Kier molecular flexibility index (Phi) is 4.58. The Bertz CT molecular complexity index is 389. The van der Waals surface area contributed by atoms with Gasteiger partial charge in [0, 0.05) is 31.9 Å². The zero-order valence-corrected chi connectivity index (χ0v) is 12.7. The van der Waals surface area contributed by atoms with Crippen LogP contribution >= 0.6 is 0 Å². The maximum absolute atomic E-state index is 4.20. The van der Waals surface area contributed by atoms with E-state index in [2.05, 4.69) is 54.5 Å². The van der Waals surface area contributed by atoms with Crippen LogP contribution in [-0.4, -0.2) is 46.1 Å². The Morgan fingerprint density at radius 3 is 2.79 bits per heavy atom. The molecule has 1 aliphatic carbocycles. The van der Waals surface area contributed by atoms with Gasteiger partial charge >= 0.3 is 0 Å². The number of hydrogen-bond donors (Lipinski definition) is 1. The van der Waals surface area contributed by atoms with E-state index >= 15 is 0 Å². The highest BCUT2D eigenvalue weighted by Crippen LogP contribution is 2.18. The molecule has 1 aromatic rings. The summed E-state index contributed by atoms with van der Waals surface area (Å²) >= 11 is 0. The third-order valence-corrected chi connectivity index (χ3v) is 3.19. The molecule has 0 spiro atoms. The molecule has 1 heterocycles. The maximum atomic E-state index is 4.20. The van der Waals surface area contributed by atoms with Gasteiger partial charge < -0.3 is 10.2 Å². The Balaban J connectivity index is 1.70. The van der Waals surface area contributed by atoms with Crippen LogP contribution in [0.4, 0.5) is 0 Å². The maximum Gasteiger partial charge on any atom is 0.0964 e.